The fraction of sp³-hybridized carbons (Fsp3) is 0.688. The molecule has 4 heteroatoms. The van der Waals surface area contributed by atoms with E-state index in [1.807, 2.05) is 6.08 Å². The lowest BCUT2D eigenvalue weighted by Gasteiger charge is -2.51. The van der Waals surface area contributed by atoms with Crippen molar-refractivity contribution in [1.29, 1.82) is 0 Å². The van der Waals surface area contributed by atoms with E-state index < -0.39 is 0 Å². The number of nitrogens with zero attached hydrogens (tertiary/aromatic N) is 1. The Labute approximate surface area is 122 Å². The lowest BCUT2D eigenvalue weighted by Crippen LogP contribution is -2.58. The van der Waals surface area contributed by atoms with Crippen LogP contribution in [0.1, 0.15) is 47.0 Å². The van der Waals surface area contributed by atoms with Gasteiger partial charge in [0, 0.05) is 17.2 Å². The molecule has 1 aliphatic heterocycles. The maximum absolute atomic E-state index is 10.9. The Balaban J connectivity index is 2.48. The van der Waals surface area contributed by atoms with Crippen LogP contribution in [0.25, 0.3) is 0 Å². The Morgan fingerprint density at radius 1 is 1.15 bits per heavy atom. The van der Waals surface area contributed by atoms with Crippen molar-refractivity contribution in [2.45, 2.75) is 58.0 Å². The number of rotatable bonds is 5. The van der Waals surface area contributed by atoms with Gasteiger partial charge in [0.15, 0.2) is 0 Å². The average molecular weight is 281 g/mol. The molecule has 0 saturated carbocycles. The van der Waals surface area contributed by atoms with Crippen molar-refractivity contribution in [3.8, 4) is 0 Å². The van der Waals surface area contributed by atoms with Crippen LogP contribution in [0.5, 0.6) is 0 Å². The summed E-state index contributed by atoms with van der Waals surface area (Å²) in [5, 5.41) is 2.12. The Hall–Kier alpha value is -1.13. The number of carbonyl (C=O) groups excluding carboxylic acids is 1. The molecule has 0 spiro atoms. The van der Waals surface area contributed by atoms with Crippen molar-refractivity contribution in [1.82, 2.24) is 5.06 Å². The lowest BCUT2D eigenvalue weighted by atomic mass is 9.82. The van der Waals surface area contributed by atoms with Gasteiger partial charge in [-0.3, -0.25) is 4.84 Å². The average Bonchev–Trinajstić information content (AvgIpc) is 2.34. The van der Waals surface area contributed by atoms with Gasteiger partial charge in [0.25, 0.3) is 0 Å². The quantitative estimate of drug-likeness (QED) is 0.440. The largest absolute Gasteiger partial charge is 0.466 e. The minimum atomic E-state index is -0.353. The van der Waals surface area contributed by atoms with Gasteiger partial charge in [0.2, 0.25) is 0 Å². The minimum Gasteiger partial charge on any atom is -0.466 e. The third kappa shape index (κ3) is 4.76. The van der Waals surface area contributed by atoms with Crippen LogP contribution in [0.4, 0.5) is 0 Å². The van der Waals surface area contributed by atoms with E-state index in [9.17, 15) is 4.79 Å². The van der Waals surface area contributed by atoms with E-state index in [1.165, 1.54) is 19.6 Å². The van der Waals surface area contributed by atoms with Crippen LogP contribution in [0.3, 0.4) is 0 Å². The van der Waals surface area contributed by atoms with Gasteiger partial charge in [-0.25, -0.2) is 4.79 Å². The summed E-state index contributed by atoms with van der Waals surface area (Å²) in [4.78, 5) is 16.8. The second-order valence-electron chi connectivity index (χ2n) is 6.38. The summed E-state index contributed by atoms with van der Waals surface area (Å²) in [7, 11) is 1.36. The topological polar surface area (TPSA) is 38.8 Å². The van der Waals surface area contributed by atoms with Crippen LogP contribution in [0.2, 0.25) is 0 Å². The summed E-state index contributed by atoms with van der Waals surface area (Å²) in [5.74, 6) is -0.353. The Morgan fingerprint density at radius 3 is 2.30 bits per heavy atom. The van der Waals surface area contributed by atoms with E-state index in [4.69, 9.17) is 4.84 Å². The van der Waals surface area contributed by atoms with Gasteiger partial charge in [-0.05, 0) is 47.0 Å². The fourth-order valence-electron chi connectivity index (χ4n) is 2.78. The number of carbonyl (C=O) groups is 1. The molecule has 0 aromatic heterocycles. The molecule has 0 aromatic rings. The molecule has 20 heavy (non-hydrogen) atoms. The summed E-state index contributed by atoms with van der Waals surface area (Å²) in [6.45, 7) is 9.37. The normalized spacial score (nSPS) is 22.4. The Kier molecular flexibility index (Phi) is 5.96. The van der Waals surface area contributed by atoms with E-state index in [0.717, 1.165) is 12.8 Å². The zero-order chi connectivity index (χ0) is 15.2. The first-order valence-corrected chi connectivity index (χ1v) is 7.14. The molecule has 114 valence electrons. The second kappa shape index (κ2) is 7.04. The molecule has 0 radical (unpaired) electrons. The monoisotopic (exact) mass is 281 g/mol. The maximum atomic E-state index is 10.9. The molecule has 0 N–H and O–H groups in total. The summed E-state index contributed by atoms with van der Waals surface area (Å²) in [6, 6.07) is 0. The van der Waals surface area contributed by atoms with E-state index in [-0.39, 0.29) is 17.0 Å². The molecule has 0 atom stereocenters. The standard InChI is InChI=1S/C16H27NO3/c1-15(2)11-9-12-16(3,4)17(15)20-13-8-6-7-10-14(18)19-5/h6-8,10H,9,11-13H2,1-5H3. The van der Waals surface area contributed by atoms with Crippen LogP contribution in [-0.2, 0) is 14.4 Å². The first-order chi connectivity index (χ1) is 9.29. The molecule has 0 amide bonds. The van der Waals surface area contributed by atoms with E-state index in [1.54, 1.807) is 12.2 Å². The first-order valence-electron chi connectivity index (χ1n) is 7.14. The van der Waals surface area contributed by atoms with Crippen LogP contribution in [0.15, 0.2) is 24.3 Å². The molecule has 1 rings (SSSR count). The highest BCUT2D eigenvalue weighted by Crippen LogP contribution is 2.38. The molecule has 1 aliphatic rings. The molecule has 0 unspecified atom stereocenters. The molecule has 0 aliphatic carbocycles. The molecular formula is C16H27NO3. The summed E-state index contributed by atoms with van der Waals surface area (Å²) in [5.41, 5.74) is 0.106. The number of hydrogen-bond donors (Lipinski definition) is 0. The Bertz CT molecular complexity index is 367. The number of hydroxylamine groups is 2. The van der Waals surface area contributed by atoms with E-state index in [0.29, 0.717) is 6.61 Å². The highest BCUT2D eigenvalue weighted by molar-refractivity contribution is 5.82. The van der Waals surface area contributed by atoms with Crippen LogP contribution < -0.4 is 0 Å². The zero-order valence-electron chi connectivity index (χ0n) is 13.3. The van der Waals surface area contributed by atoms with Crippen LogP contribution >= 0.6 is 0 Å². The summed E-state index contributed by atoms with van der Waals surface area (Å²) < 4.78 is 4.51. The summed E-state index contributed by atoms with van der Waals surface area (Å²) in [6.07, 6.45) is 10.2. The van der Waals surface area contributed by atoms with Crippen molar-refractivity contribution in [3.05, 3.63) is 24.3 Å². The van der Waals surface area contributed by atoms with Crippen molar-refractivity contribution in [2.24, 2.45) is 0 Å². The van der Waals surface area contributed by atoms with E-state index >= 15 is 0 Å². The number of esters is 1. The zero-order valence-corrected chi connectivity index (χ0v) is 13.3. The van der Waals surface area contributed by atoms with Gasteiger partial charge in [0.1, 0.15) is 0 Å². The van der Waals surface area contributed by atoms with Gasteiger partial charge in [-0.2, -0.15) is 5.06 Å². The van der Waals surface area contributed by atoms with Gasteiger partial charge in [-0.15, -0.1) is 0 Å². The van der Waals surface area contributed by atoms with Crippen molar-refractivity contribution >= 4 is 5.97 Å². The fourth-order valence-corrected chi connectivity index (χ4v) is 2.78. The molecule has 0 aromatic carbocycles. The van der Waals surface area contributed by atoms with Crippen molar-refractivity contribution in [3.63, 3.8) is 0 Å². The number of piperidine rings is 1. The number of methoxy groups -OCH3 is 1. The number of ether oxygens (including phenoxy) is 1. The van der Waals surface area contributed by atoms with Crippen LogP contribution in [-0.4, -0.2) is 35.8 Å². The van der Waals surface area contributed by atoms with Gasteiger partial charge in [0.05, 0.1) is 13.7 Å². The minimum absolute atomic E-state index is 0.0530. The van der Waals surface area contributed by atoms with Crippen molar-refractivity contribution in [2.75, 3.05) is 13.7 Å². The van der Waals surface area contributed by atoms with Crippen molar-refractivity contribution < 1.29 is 14.4 Å². The maximum Gasteiger partial charge on any atom is 0.330 e. The Morgan fingerprint density at radius 2 is 1.75 bits per heavy atom. The predicted molar refractivity (Wildman–Crippen MR) is 80.1 cm³/mol. The van der Waals surface area contributed by atoms with Gasteiger partial charge >= 0.3 is 5.97 Å². The second-order valence-corrected chi connectivity index (χ2v) is 6.38. The van der Waals surface area contributed by atoms with Gasteiger partial charge in [-0.1, -0.05) is 18.2 Å². The number of allylic oxidation sites excluding steroid dienone is 2. The van der Waals surface area contributed by atoms with Gasteiger partial charge < -0.3 is 4.74 Å². The lowest BCUT2D eigenvalue weighted by molar-refractivity contribution is -0.274. The highest BCUT2D eigenvalue weighted by atomic mass is 16.7. The molecule has 1 fully saturated rings. The molecule has 4 nitrogen and oxygen atoms in total. The number of hydrogen-bond acceptors (Lipinski definition) is 4. The third-order valence-electron chi connectivity index (χ3n) is 3.66. The predicted octanol–water partition coefficient (Wildman–Crippen LogP) is 3.25. The molecule has 1 heterocycles. The first kappa shape index (κ1) is 16.9. The van der Waals surface area contributed by atoms with Crippen LogP contribution in [0, 0.1) is 0 Å². The summed E-state index contributed by atoms with van der Waals surface area (Å²) >= 11 is 0. The molecule has 0 bridgehead atoms. The highest BCUT2D eigenvalue weighted by Gasteiger charge is 2.42. The van der Waals surface area contributed by atoms with E-state index in [2.05, 4.69) is 37.5 Å². The molecule has 1 saturated heterocycles. The SMILES string of the molecule is COC(=O)C=CC=CCON1C(C)(C)CCCC1(C)C. The third-order valence-corrected chi connectivity index (χ3v) is 3.66. The smallest absolute Gasteiger partial charge is 0.330 e. The molecular weight excluding hydrogens is 254 g/mol.